The molecule has 2 saturated heterocycles. The number of esters is 1. The number of alkyl halides is 6. The smallest absolute Gasteiger partial charge is 0.403 e. The summed E-state index contributed by atoms with van der Waals surface area (Å²) in [6.07, 6.45) is -9.51. The highest BCUT2D eigenvalue weighted by Gasteiger charge is 2.64. The highest BCUT2D eigenvalue weighted by molar-refractivity contribution is 5.96. The summed E-state index contributed by atoms with van der Waals surface area (Å²) >= 11 is 0. The standard InChI is InChI=1S/C51H59F6N7O7/c1-8-40(65)62-22-19-33(27-62)46(67)61(6)43(44(50(52,53)54)51(55,56)57)45(66)59-38-24-30-13-10-14-31(23-30)32-17-18-39-35(25-32)36(42(63(39)9-2)34-15-11-20-58-41(34)29(3)70-7)26-49(4,5)28-71-48(69)37-16-12-21-64(60-37)47(38)68/h8,10-11,13-15,17-18,20,23,25,29,33,37-38,43-44,60H,1,9,12,16,19,21-22,24,26-28H2,2-7H3,(H,59,66)/t29-,33-,37-,38-,43?/m0/s1. The van der Waals surface area contributed by atoms with Crippen molar-refractivity contribution in [3.63, 3.8) is 0 Å². The van der Waals surface area contributed by atoms with E-state index in [1.807, 2.05) is 64.1 Å². The van der Waals surface area contributed by atoms with Crippen molar-refractivity contribution in [2.45, 2.75) is 103 Å². The number of amides is 4. The summed E-state index contributed by atoms with van der Waals surface area (Å²) in [7, 11) is 2.28. The van der Waals surface area contributed by atoms with Crippen LogP contribution < -0.4 is 10.7 Å². The van der Waals surface area contributed by atoms with E-state index in [2.05, 4.69) is 21.9 Å². The van der Waals surface area contributed by atoms with Crippen molar-refractivity contribution in [1.29, 1.82) is 0 Å². The van der Waals surface area contributed by atoms with E-state index >= 15 is 0 Å². The number of likely N-dealkylation sites (tertiary alicyclic amines) is 1. The lowest BCUT2D eigenvalue weighted by molar-refractivity contribution is -0.295. The van der Waals surface area contributed by atoms with E-state index < -0.39 is 83.7 Å². The molecule has 5 atom stereocenters. The lowest BCUT2D eigenvalue weighted by atomic mass is 9.84. The van der Waals surface area contributed by atoms with Gasteiger partial charge in [0.2, 0.25) is 17.7 Å². The largest absolute Gasteiger partial charge is 0.464 e. The van der Waals surface area contributed by atoms with Crippen molar-refractivity contribution >= 4 is 40.5 Å². The number of nitrogens with zero attached hydrogens (tertiary/aromatic N) is 5. The molecular formula is C51H59F6N7O7. The maximum Gasteiger partial charge on any atom is 0.403 e. The number of hydrazine groups is 1. The van der Waals surface area contributed by atoms with Gasteiger partial charge in [0.25, 0.3) is 5.91 Å². The molecule has 2 N–H and O–H groups in total. The number of cyclic esters (lactones) is 1. The minimum absolute atomic E-state index is 0.0271. The molecule has 0 radical (unpaired) electrons. The molecule has 6 bridgehead atoms. The van der Waals surface area contributed by atoms with Gasteiger partial charge in [0, 0.05) is 74.8 Å². The fourth-order valence-corrected chi connectivity index (χ4v) is 10.1. The zero-order chi connectivity index (χ0) is 51.7. The Morgan fingerprint density at radius 1 is 1.03 bits per heavy atom. The molecule has 3 aliphatic heterocycles. The molecule has 0 aliphatic carbocycles. The number of halogens is 6. The molecule has 7 rings (SSSR count). The first-order valence-corrected chi connectivity index (χ1v) is 23.6. The first-order valence-electron chi connectivity index (χ1n) is 23.6. The van der Waals surface area contributed by atoms with Crippen LogP contribution in [0, 0.1) is 17.3 Å². The Kier molecular flexibility index (Phi) is 15.4. The number of pyridine rings is 1. The van der Waals surface area contributed by atoms with Crippen LogP contribution in [-0.4, -0.2) is 125 Å². The van der Waals surface area contributed by atoms with E-state index in [1.54, 1.807) is 31.5 Å². The second kappa shape index (κ2) is 20.8. The summed E-state index contributed by atoms with van der Waals surface area (Å²) in [5, 5.41) is 4.11. The molecule has 382 valence electrons. The first-order chi connectivity index (χ1) is 33.5. The van der Waals surface area contributed by atoms with Gasteiger partial charge in [0.15, 0.2) is 5.92 Å². The molecule has 3 aliphatic rings. The van der Waals surface area contributed by atoms with Gasteiger partial charge < -0.3 is 29.2 Å². The molecular weight excluding hydrogens is 937 g/mol. The van der Waals surface area contributed by atoms with Crippen LogP contribution >= 0.6 is 0 Å². The lowest BCUT2D eigenvalue weighted by Crippen LogP contribution is -2.64. The second-order valence-electron chi connectivity index (χ2n) is 19.3. The highest BCUT2D eigenvalue weighted by atomic mass is 19.4. The third-order valence-corrected chi connectivity index (χ3v) is 13.7. The quantitative estimate of drug-likeness (QED) is 0.0944. The molecule has 2 aromatic heterocycles. The number of benzene rings is 2. The van der Waals surface area contributed by atoms with Gasteiger partial charge in [-0.25, -0.2) is 5.43 Å². The van der Waals surface area contributed by atoms with Crippen molar-refractivity contribution in [2.75, 3.05) is 40.4 Å². The summed E-state index contributed by atoms with van der Waals surface area (Å²) in [4.78, 5) is 75.0. The van der Waals surface area contributed by atoms with E-state index in [0.29, 0.717) is 31.1 Å². The molecule has 0 saturated carbocycles. The molecule has 4 aromatic rings. The summed E-state index contributed by atoms with van der Waals surface area (Å²) in [6, 6.07) is 10.5. The number of aryl methyl sites for hydroxylation is 1. The molecule has 4 amide bonds. The third-order valence-electron chi connectivity index (χ3n) is 13.7. The Hall–Kier alpha value is -6.28. The van der Waals surface area contributed by atoms with Crippen LogP contribution in [0.15, 0.2) is 73.4 Å². The van der Waals surface area contributed by atoms with Crippen molar-refractivity contribution < 1.29 is 59.8 Å². The number of ether oxygens (including phenoxy) is 2. The van der Waals surface area contributed by atoms with Gasteiger partial charge in [-0.1, -0.05) is 50.8 Å². The molecule has 1 unspecified atom stereocenters. The lowest BCUT2D eigenvalue weighted by Gasteiger charge is -2.38. The second-order valence-corrected chi connectivity index (χ2v) is 19.3. The van der Waals surface area contributed by atoms with Crippen LogP contribution in [0.5, 0.6) is 0 Å². The average Bonchev–Trinajstić information content (AvgIpc) is 3.95. The SMILES string of the molecule is C=CC(=O)N1CC[C@H](C(=O)N(C)C(C(=O)N[C@H]2Cc3cccc(c3)-c3ccc4c(c3)c(c(-c3cccnc3[C@H](C)OC)n4CC)CC(C)(C)COC(=O)[C@@H]3CCCN(N3)C2=O)C(C(F)(F)F)C(F)(F)F)C1. The molecule has 2 aromatic carbocycles. The maximum atomic E-state index is 14.7. The van der Waals surface area contributed by atoms with Crippen LogP contribution in [0.25, 0.3) is 33.3 Å². The molecule has 14 nitrogen and oxygen atoms in total. The van der Waals surface area contributed by atoms with E-state index in [-0.39, 0.29) is 56.5 Å². The molecule has 20 heteroatoms. The van der Waals surface area contributed by atoms with Crippen LogP contribution in [0.1, 0.15) is 69.9 Å². The van der Waals surface area contributed by atoms with E-state index in [4.69, 9.17) is 14.5 Å². The fourth-order valence-electron chi connectivity index (χ4n) is 10.1. The zero-order valence-corrected chi connectivity index (χ0v) is 40.5. The number of fused-ring (bicyclic) bond motifs is 6. The Balaban J connectivity index is 1.34. The van der Waals surface area contributed by atoms with Crippen LogP contribution in [0.2, 0.25) is 0 Å². The maximum absolute atomic E-state index is 14.7. The molecule has 71 heavy (non-hydrogen) atoms. The van der Waals surface area contributed by atoms with Crippen LogP contribution in [-0.2, 0) is 52.8 Å². The number of methoxy groups -OCH3 is 1. The number of rotatable bonds is 10. The van der Waals surface area contributed by atoms with Crippen molar-refractivity contribution in [1.82, 2.24) is 35.1 Å². The number of hydrogen-bond donors (Lipinski definition) is 2. The number of carbonyl (C=O) groups is 5. The van der Waals surface area contributed by atoms with Gasteiger partial charge >= 0.3 is 18.3 Å². The normalized spacial score (nSPS) is 20.8. The van der Waals surface area contributed by atoms with Gasteiger partial charge in [-0.2, -0.15) is 26.3 Å². The highest BCUT2D eigenvalue weighted by Crippen LogP contribution is 2.44. The third kappa shape index (κ3) is 11.1. The van der Waals surface area contributed by atoms with Crippen molar-refractivity contribution in [2.24, 2.45) is 17.3 Å². The van der Waals surface area contributed by atoms with Gasteiger partial charge in [-0.05, 0) is 92.1 Å². The van der Waals surface area contributed by atoms with Gasteiger partial charge in [0.05, 0.1) is 30.0 Å². The van der Waals surface area contributed by atoms with Crippen molar-refractivity contribution in [3.05, 3.63) is 90.3 Å². The van der Waals surface area contributed by atoms with E-state index in [0.717, 1.165) is 50.1 Å². The average molecular weight is 996 g/mol. The monoisotopic (exact) mass is 995 g/mol. The van der Waals surface area contributed by atoms with Crippen LogP contribution in [0.4, 0.5) is 26.3 Å². The summed E-state index contributed by atoms with van der Waals surface area (Å²) in [5.41, 5.74) is 8.28. The van der Waals surface area contributed by atoms with Gasteiger partial charge in [-0.15, -0.1) is 0 Å². The number of nitrogens with one attached hydrogen (secondary N) is 2. The van der Waals surface area contributed by atoms with E-state index in [1.165, 1.54) is 4.90 Å². The van der Waals surface area contributed by atoms with E-state index in [9.17, 15) is 50.3 Å². The minimum atomic E-state index is -6.09. The Morgan fingerprint density at radius 2 is 1.75 bits per heavy atom. The van der Waals surface area contributed by atoms with Gasteiger partial charge in [0.1, 0.15) is 18.1 Å². The number of hydrogen-bond acceptors (Lipinski definition) is 9. The predicted molar refractivity (Wildman–Crippen MR) is 251 cm³/mol. The number of likely N-dealkylation sites (N-methyl/N-ethyl adjacent to an activating group) is 1. The fraction of sp³-hybridized carbons (Fsp3) is 0.490. The Labute approximate surface area is 407 Å². The molecule has 0 spiro atoms. The first kappa shape index (κ1) is 52.5. The number of aromatic nitrogens is 2. The summed E-state index contributed by atoms with van der Waals surface area (Å²) in [5.74, 6) is -11.0. The predicted octanol–water partition coefficient (Wildman–Crippen LogP) is 7.35. The summed E-state index contributed by atoms with van der Waals surface area (Å²) < 4.78 is 102. The van der Waals surface area contributed by atoms with Gasteiger partial charge in [-0.3, -0.25) is 34.0 Å². The molecule has 2 fully saturated rings. The Bertz CT molecular complexity index is 2670. The zero-order valence-electron chi connectivity index (χ0n) is 40.5. The summed E-state index contributed by atoms with van der Waals surface area (Å²) in [6.45, 7) is 11.4. The number of carbonyl (C=O) groups excluding carboxylic acids is 5. The topological polar surface area (TPSA) is 155 Å². The van der Waals surface area contributed by atoms with Crippen molar-refractivity contribution in [3.8, 4) is 22.4 Å². The van der Waals surface area contributed by atoms with Crippen LogP contribution in [0.3, 0.4) is 0 Å². The Morgan fingerprint density at radius 3 is 2.42 bits per heavy atom. The minimum Gasteiger partial charge on any atom is -0.464 e. The molecule has 5 heterocycles.